The summed E-state index contributed by atoms with van der Waals surface area (Å²) in [7, 11) is 0. The van der Waals surface area contributed by atoms with E-state index in [2.05, 4.69) is 31.2 Å². The maximum atomic E-state index is 9.66. The highest BCUT2D eigenvalue weighted by Crippen LogP contribution is 2.57. The standard InChI is InChI=1S/C12H14O/c1-7-8-4-2-3-5-9(8)10-6-11(13)12(7)10/h2-5,7,10-13H,6H2,1H3. The number of aliphatic hydroxyl groups is 1. The van der Waals surface area contributed by atoms with Crippen LogP contribution < -0.4 is 0 Å². The molecule has 0 radical (unpaired) electrons. The fraction of sp³-hybridized carbons (Fsp3) is 0.500. The zero-order valence-corrected chi connectivity index (χ0v) is 7.77. The average molecular weight is 174 g/mol. The summed E-state index contributed by atoms with van der Waals surface area (Å²) in [6, 6.07) is 8.65. The van der Waals surface area contributed by atoms with E-state index in [0.29, 0.717) is 17.8 Å². The van der Waals surface area contributed by atoms with Crippen LogP contribution in [0.15, 0.2) is 24.3 Å². The molecule has 1 nitrogen and oxygen atoms in total. The first-order valence-electron chi connectivity index (χ1n) is 5.06. The van der Waals surface area contributed by atoms with Gasteiger partial charge in [0.2, 0.25) is 0 Å². The second-order valence-corrected chi connectivity index (χ2v) is 4.40. The van der Waals surface area contributed by atoms with Crippen LogP contribution in [0, 0.1) is 5.92 Å². The lowest BCUT2D eigenvalue weighted by Crippen LogP contribution is -2.38. The van der Waals surface area contributed by atoms with Crippen LogP contribution in [-0.2, 0) is 0 Å². The van der Waals surface area contributed by atoms with Gasteiger partial charge in [0, 0.05) is 0 Å². The molecule has 1 aromatic rings. The van der Waals surface area contributed by atoms with Crippen LogP contribution in [-0.4, -0.2) is 11.2 Å². The lowest BCUT2D eigenvalue weighted by atomic mass is 9.69. The summed E-state index contributed by atoms with van der Waals surface area (Å²) in [6.07, 6.45) is 0.929. The van der Waals surface area contributed by atoms with E-state index in [-0.39, 0.29) is 6.10 Å². The third kappa shape index (κ3) is 0.806. The van der Waals surface area contributed by atoms with Gasteiger partial charge < -0.3 is 5.11 Å². The van der Waals surface area contributed by atoms with Crippen LogP contribution in [0.5, 0.6) is 0 Å². The first-order valence-corrected chi connectivity index (χ1v) is 5.06. The van der Waals surface area contributed by atoms with E-state index in [9.17, 15) is 5.11 Å². The number of hydrogen-bond acceptors (Lipinski definition) is 1. The maximum absolute atomic E-state index is 9.66. The molecule has 4 unspecified atom stereocenters. The highest BCUT2D eigenvalue weighted by atomic mass is 16.3. The summed E-state index contributed by atoms with van der Waals surface area (Å²) in [5.74, 6) is 1.73. The van der Waals surface area contributed by atoms with E-state index in [1.54, 1.807) is 0 Å². The van der Waals surface area contributed by atoms with Gasteiger partial charge >= 0.3 is 0 Å². The van der Waals surface area contributed by atoms with Crippen LogP contribution in [0.25, 0.3) is 0 Å². The van der Waals surface area contributed by atoms with Crippen molar-refractivity contribution < 1.29 is 5.11 Å². The normalized spacial score (nSPS) is 40.8. The molecule has 0 heterocycles. The zero-order chi connectivity index (χ0) is 9.00. The van der Waals surface area contributed by atoms with Gasteiger partial charge in [-0.3, -0.25) is 0 Å². The van der Waals surface area contributed by atoms with E-state index >= 15 is 0 Å². The highest BCUT2D eigenvalue weighted by molar-refractivity contribution is 5.42. The molecule has 13 heavy (non-hydrogen) atoms. The Morgan fingerprint density at radius 1 is 1.23 bits per heavy atom. The number of aliphatic hydroxyl groups excluding tert-OH is 1. The third-order valence-electron chi connectivity index (χ3n) is 3.87. The van der Waals surface area contributed by atoms with Crippen LogP contribution >= 0.6 is 0 Å². The first kappa shape index (κ1) is 7.57. The zero-order valence-electron chi connectivity index (χ0n) is 7.77. The van der Waals surface area contributed by atoms with Crippen LogP contribution in [0.4, 0.5) is 0 Å². The van der Waals surface area contributed by atoms with Gasteiger partial charge in [-0.25, -0.2) is 0 Å². The summed E-state index contributed by atoms with van der Waals surface area (Å²) in [6.45, 7) is 2.24. The molecule has 0 saturated heterocycles. The van der Waals surface area contributed by atoms with Gasteiger partial charge in [-0.15, -0.1) is 0 Å². The quantitative estimate of drug-likeness (QED) is 0.639. The molecule has 1 N–H and O–H groups in total. The van der Waals surface area contributed by atoms with Gasteiger partial charge in [0.15, 0.2) is 0 Å². The van der Waals surface area contributed by atoms with Crippen molar-refractivity contribution in [2.45, 2.75) is 31.3 Å². The second-order valence-electron chi connectivity index (χ2n) is 4.40. The average Bonchev–Trinajstić information content (AvgIpc) is 2.35. The van der Waals surface area contributed by atoms with Crippen LogP contribution in [0.1, 0.15) is 36.3 Å². The molecule has 1 fully saturated rings. The molecule has 1 saturated carbocycles. The molecule has 0 aromatic heterocycles. The Kier molecular flexibility index (Phi) is 1.37. The topological polar surface area (TPSA) is 20.2 Å². The number of benzene rings is 1. The molecule has 0 bridgehead atoms. The molecule has 0 spiro atoms. The summed E-state index contributed by atoms with van der Waals surface area (Å²) in [5.41, 5.74) is 2.96. The predicted octanol–water partition coefficient (Wildman–Crippen LogP) is 2.27. The van der Waals surface area contributed by atoms with Gasteiger partial charge in [-0.05, 0) is 35.3 Å². The van der Waals surface area contributed by atoms with Gasteiger partial charge in [0.25, 0.3) is 0 Å². The number of rotatable bonds is 0. The molecule has 2 aliphatic rings. The van der Waals surface area contributed by atoms with Crippen LogP contribution in [0.3, 0.4) is 0 Å². The molecule has 2 aliphatic carbocycles. The van der Waals surface area contributed by atoms with Crippen molar-refractivity contribution in [1.29, 1.82) is 0 Å². The molecular weight excluding hydrogens is 160 g/mol. The Bertz CT molecular complexity index is 320. The largest absolute Gasteiger partial charge is 0.393 e. The number of fused-ring (bicyclic) bond motifs is 3. The first-order chi connectivity index (χ1) is 6.29. The van der Waals surface area contributed by atoms with E-state index < -0.39 is 0 Å². The van der Waals surface area contributed by atoms with Crippen molar-refractivity contribution in [3.8, 4) is 0 Å². The predicted molar refractivity (Wildman–Crippen MR) is 51.7 cm³/mol. The summed E-state index contributed by atoms with van der Waals surface area (Å²) < 4.78 is 0. The molecule has 0 amide bonds. The van der Waals surface area contributed by atoms with Crippen molar-refractivity contribution in [1.82, 2.24) is 0 Å². The second kappa shape index (κ2) is 2.36. The Morgan fingerprint density at radius 2 is 1.92 bits per heavy atom. The van der Waals surface area contributed by atoms with Gasteiger partial charge in [-0.2, -0.15) is 0 Å². The maximum Gasteiger partial charge on any atom is 0.0586 e. The van der Waals surface area contributed by atoms with E-state index in [1.165, 1.54) is 11.1 Å². The highest BCUT2D eigenvalue weighted by Gasteiger charge is 2.49. The molecular formula is C12H14O. The Hall–Kier alpha value is -0.820. The SMILES string of the molecule is CC1c2ccccc2C2CC(O)C12. The van der Waals surface area contributed by atoms with E-state index in [0.717, 1.165) is 6.42 Å². The number of hydrogen-bond donors (Lipinski definition) is 1. The smallest absolute Gasteiger partial charge is 0.0586 e. The van der Waals surface area contributed by atoms with Crippen molar-refractivity contribution in [2.75, 3.05) is 0 Å². The Morgan fingerprint density at radius 3 is 2.62 bits per heavy atom. The minimum Gasteiger partial charge on any atom is -0.393 e. The lowest BCUT2D eigenvalue weighted by molar-refractivity contribution is -0.000126. The third-order valence-corrected chi connectivity index (χ3v) is 3.87. The molecule has 68 valence electrons. The minimum absolute atomic E-state index is 0.0487. The van der Waals surface area contributed by atoms with E-state index in [4.69, 9.17) is 0 Å². The molecule has 1 heteroatoms. The van der Waals surface area contributed by atoms with Gasteiger partial charge in [0.1, 0.15) is 0 Å². The van der Waals surface area contributed by atoms with Crippen molar-refractivity contribution in [2.24, 2.45) is 5.92 Å². The lowest BCUT2D eigenvalue weighted by Gasteiger charge is -2.39. The Labute approximate surface area is 78.4 Å². The molecule has 1 aromatic carbocycles. The van der Waals surface area contributed by atoms with Crippen molar-refractivity contribution in [3.63, 3.8) is 0 Å². The summed E-state index contributed by atoms with van der Waals surface area (Å²) >= 11 is 0. The van der Waals surface area contributed by atoms with Gasteiger partial charge in [-0.1, -0.05) is 31.2 Å². The van der Waals surface area contributed by atoms with Crippen molar-refractivity contribution >= 4 is 0 Å². The van der Waals surface area contributed by atoms with Crippen LogP contribution in [0.2, 0.25) is 0 Å². The molecule has 3 rings (SSSR count). The van der Waals surface area contributed by atoms with E-state index in [1.807, 2.05) is 0 Å². The van der Waals surface area contributed by atoms with Gasteiger partial charge in [0.05, 0.1) is 6.10 Å². The minimum atomic E-state index is -0.0487. The summed E-state index contributed by atoms with van der Waals surface area (Å²) in [4.78, 5) is 0. The fourth-order valence-electron chi connectivity index (χ4n) is 3.13. The molecule has 4 atom stereocenters. The Balaban J connectivity index is 2.10. The van der Waals surface area contributed by atoms with Crippen molar-refractivity contribution in [3.05, 3.63) is 35.4 Å². The summed E-state index contributed by atoms with van der Waals surface area (Å²) in [5, 5.41) is 9.66. The molecule has 0 aliphatic heterocycles. The fourth-order valence-corrected chi connectivity index (χ4v) is 3.13. The monoisotopic (exact) mass is 174 g/mol.